The normalized spacial score (nSPS) is 16.0. The second kappa shape index (κ2) is 11.4. The predicted octanol–water partition coefficient (Wildman–Crippen LogP) is 7.57. The molecule has 0 unspecified atom stereocenters. The van der Waals surface area contributed by atoms with E-state index in [1.54, 1.807) is 11.3 Å². The Kier molecular flexibility index (Phi) is 7.43. The molecule has 11 heteroatoms. The Balaban J connectivity index is 1.18. The Morgan fingerprint density at radius 2 is 1.86 bits per heavy atom. The van der Waals surface area contributed by atoms with Crippen molar-refractivity contribution in [3.63, 3.8) is 0 Å². The quantitative estimate of drug-likeness (QED) is 0.195. The summed E-state index contributed by atoms with van der Waals surface area (Å²) in [5, 5.41) is 6.54. The van der Waals surface area contributed by atoms with Crippen LogP contribution in [0.4, 0.5) is 17.5 Å². The molecule has 1 aliphatic heterocycles. The number of ether oxygens (including phenoxy) is 1. The lowest BCUT2D eigenvalue weighted by Gasteiger charge is -2.27. The number of nitrogens with zero attached hydrogens (tertiary/aromatic N) is 5. The molecule has 0 spiro atoms. The SMILES string of the molecule is CN(C)C(=S)c1cc2cnc(Nc3ccc(-c4csc5c(=S)cc(N6CCOCC6)oc45)cc3)nc2n1C1CCCC1. The van der Waals surface area contributed by atoms with Crippen LogP contribution < -0.4 is 10.2 Å². The van der Waals surface area contributed by atoms with E-state index in [-0.39, 0.29) is 0 Å². The van der Waals surface area contributed by atoms with E-state index in [4.69, 9.17) is 38.6 Å². The summed E-state index contributed by atoms with van der Waals surface area (Å²) in [6.07, 6.45) is 6.65. The van der Waals surface area contributed by atoms with Gasteiger partial charge in [-0.25, -0.2) is 4.98 Å². The first-order valence-electron chi connectivity index (χ1n) is 14.3. The summed E-state index contributed by atoms with van der Waals surface area (Å²) in [7, 11) is 3.99. The lowest BCUT2D eigenvalue weighted by Crippen LogP contribution is -2.36. The largest absolute Gasteiger partial charge is 0.439 e. The van der Waals surface area contributed by atoms with Crippen molar-refractivity contribution >= 4 is 79.6 Å². The molecule has 0 atom stereocenters. The first-order chi connectivity index (χ1) is 20.5. The maximum atomic E-state index is 6.43. The fourth-order valence-corrected chi connectivity index (χ4v) is 7.33. The van der Waals surface area contributed by atoms with E-state index in [0.29, 0.717) is 25.2 Å². The number of thiophene rings is 1. The van der Waals surface area contributed by atoms with Gasteiger partial charge in [0.2, 0.25) is 5.95 Å². The minimum absolute atomic E-state index is 0.405. The molecule has 42 heavy (non-hydrogen) atoms. The van der Waals surface area contributed by atoms with Crippen LogP contribution in [0.5, 0.6) is 0 Å². The lowest BCUT2D eigenvalue weighted by molar-refractivity contribution is 0.121. The number of thiocarbonyl (C=S) groups is 1. The van der Waals surface area contributed by atoms with E-state index in [2.05, 4.69) is 55.5 Å². The standard InChI is InChI=1S/C31H32N6O2S3/c1-35(2)30(41)24-15-20-17-32-31(34-29(20)37(24)22-5-3-4-6-22)33-21-9-7-19(8-10-21)23-18-42-28-25(40)16-26(39-27(23)28)36-11-13-38-14-12-36/h7-10,15-18,22H,3-6,11-14H2,1-2H3,(H,32,33,34). The van der Waals surface area contributed by atoms with E-state index in [0.717, 1.165) is 85.1 Å². The first-order valence-corrected chi connectivity index (χ1v) is 16.0. The molecule has 1 saturated heterocycles. The number of aromatic nitrogens is 3. The Morgan fingerprint density at radius 1 is 1.10 bits per heavy atom. The van der Waals surface area contributed by atoms with E-state index in [1.807, 2.05) is 31.3 Å². The summed E-state index contributed by atoms with van der Waals surface area (Å²) < 4.78 is 16.1. The molecule has 7 rings (SSSR count). The zero-order valence-corrected chi connectivity index (χ0v) is 26.1. The van der Waals surface area contributed by atoms with Gasteiger partial charge in [0.05, 0.1) is 28.1 Å². The number of anilines is 3. The Hall–Kier alpha value is -3.38. The van der Waals surface area contributed by atoms with Gasteiger partial charge in [0.15, 0.2) is 11.5 Å². The molecule has 216 valence electrons. The first kappa shape index (κ1) is 27.5. The molecule has 1 aliphatic carbocycles. The number of benzene rings is 1. The van der Waals surface area contributed by atoms with Gasteiger partial charge in [-0.2, -0.15) is 4.98 Å². The Labute approximate surface area is 258 Å². The molecule has 2 aliphatic rings. The second-order valence-corrected chi connectivity index (χ2v) is 12.8. The van der Waals surface area contributed by atoms with E-state index >= 15 is 0 Å². The van der Waals surface area contributed by atoms with Crippen LogP contribution in [0.25, 0.3) is 32.4 Å². The van der Waals surface area contributed by atoms with Crippen molar-refractivity contribution in [2.45, 2.75) is 31.7 Å². The van der Waals surface area contributed by atoms with Crippen molar-refractivity contribution in [2.24, 2.45) is 0 Å². The molecule has 1 saturated carbocycles. The highest BCUT2D eigenvalue weighted by Gasteiger charge is 2.25. The van der Waals surface area contributed by atoms with E-state index < -0.39 is 0 Å². The molecule has 1 aromatic carbocycles. The smallest absolute Gasteiger partial charge is 0.229 e. The molecule has 0 bridgehead atoms. The fourth-order valence-electron chi connectivity index (χ4n) is 5.93. The maximum absolute atomic E-state index is 6.43. The van der Waals surface area contributed by atoms with Gasteiger partial charge >= 0.3 is 0 Å². The van der Waals surface area contributed by atoms with Gasteiger partial charge < -0.3 is 28.8 Å². The van der Waals surface area contributed by atoms with Crippen LogP contribution in [0.3, 0.4) is 0 Å². The third-order valence-corrected chi connectivity index (χ3v) is 10.1. The molecule has 5 heterocycles. The second-order valence-electron chi connectivity index (χ2n) is 11.1. The van der Waals surface area contributed by atoms with Gasteiger partial charge in [0, 0.05) is 67.5 Å². The van der Waals surface area contributed by atoms with Gasteiger partial charge in [-0.1, -0.05) is 49.4 Å². The molecule has 1 N–H and O–H groups in total. The molecule has 5 aromatic rings. The van der Waals surface area contributed by atoms with Gasteiger partial charge in [-0.15, -0.1) is 11.3 Å². The number of hydrogen-bond acceptors (Lipinski definition) is 9. The van der Waals surface area contributed by atoms with Crippen molar-refractivity contribution in [3.8, 4) is 11.1 Å². The van der Waals surface area contributed by atoms with Crippen LogP contribution in [0.15, 0.2) is 52.4 Å². The number of hydrogen-bond donors (Lipinski definition) is 1. The van der Waals surface area contributed by atoms with Crippen LogP contribution in [0.1, 0.15) is 37.4 Å². The number of rotatable bonds is 6. The van der Waals surface area contributed by atoms with Crippen molar-refractivity contribution in [3.05, 3.63) is 58.2 Å². The van der Waals surface area contributed by atoms with Gasteiger partial charge in [0.1, 0.15) is 10.6 Å². The summed E-state index contributed by atoms with van der Waals surface area (Å²) in [6.45, 7) is 2.98. The van der Waals surface area contributed by atoms with Gasteiger partial charge in [0.25, 0.3) is 0 Å². The van der Waals surface area contributed by atoms with Crippen LogP contribution >= 0.6 is 35.8 Å². The number of morpholine rings is 1. The van der Waals surface area contributed by atoms with Gasteiger partial charge in [-0.3, -0.25) is 0 Å². The third kappa shape index (κ3) is 5.08. The van der Waals surface area contributed by atoms with Crippen molar-refractivity contribution in [2.75, 3.05) is 50.6 Å². The molecule has 8 nitrogen and oxygen atoms in total. The number of nitrogens with one attached hydrogen (secondary N) is 1. The highest BCUT2D eigenvalue weighted by molar-refractivity contribution is 7.80. The number of fused-ring (bicyclic) bond motifs is 2. The third-order valence-electron chi connectivity index (χ3n) is 8.10. The summed E-state index contributed by atoms with van der Waals surface area (Å²) in [6, 6.07) is 12.8. The predicted molar refractivity (Wildman–Crippen MR) is 177 cm³/mol. The summed E-state index contributed by atoms with van der Waals surface area (Å²) in [5.74, 6) is 1.37. The maximum Gasteiger partial charge on any atom is 0.229 e. The average molecular weight is 617 g/mol. The molecule has 2 fully saturated rings. The monoisotopic (exact) mass is 616 g/mol. The molecular formula is C31H32N6O2S3. The van der Waals surface area contributed by atoms with Crippen molar-refractivity contribution in [1.29, 1.82) is 0 Å². The average Bonchev–Trinajstić information content (AvgIpc) is 3.76. The Bertz CT molecular complexity index is 1830. The van der Waals surface area contributed by atoms with E-state index in [1.165, 1.54) is 12.8 Å². The van der Waals surface area contributed by atoms with Crippen LogP contribution in [0, 0.1) is 4.51 Å². The van der Waals surface area contributed by atoms with Crippen molar-refractivity contribution < 1.29 is 9.15 Å². The summed E-state index contributed by atoms with van der Waals surface area (Å²) in [4.78, 5) is 14.6. The zero-order chi connectivity index (χ0) is 28.8. The minimum atomic E-state index is 0.405. The highest BCUT2D eigenvalue weighted by Crippen LogP contribution is 2.38. The summed E-state index contributed by atoms with van der Waals surface area (Å²) >= 11 is 13.1. The van der Waals surface area contributed by atoms with Crippen molar-refractivity contribution in [1.82, 2.24) is 19.4 Å². The molecule has 4 aromatic heterocycles. The van der Waals surface area contributed by atoms with E-state index in [9.17, 15) is 0 Å². The summed E-state index contributed by atoms with van der Waals surface area (Å²) in [5.41, 5.74) is 5.83. The molecule has 0 radical (unpaired) electrons. The topological polar surface area (TPSA) is 71.6 Å². The van der Waals surface area contributed by atoms with Crippen LogP contribution in [0.2, 0.25) is 0 Å². The fraction of sp³-hybridized carbons (Fsp3) is 0.355. The zero-order valence-electron chi connectivity index (χ0n) is 23.6. The lowest BCUT2D eigenvalue weighted by atomic mass is 10.1. The molecular weight excluding hydrogens is 585 g/mol. The molecule has 0 amide bonds. The minimum Gasteiger partial charge on any atom is -0.439 e. The highest BCUT2D eigenvalue weighted by atomic mass is 32.1. The van der Waals surface area contributed by atoms with Gasteiger partial charge in [-0.05, 0) is 36.6 Å². The van der Waals surface area contributed by atoms with Crippen LogP contribution in [-0.4, -0.2) is 64.8 Å². The Morgan fingerprint density at radius 3 is 2.60 bits per heavy atom. The van der Waals surface area contributed by atoms with Crippen LogP contribution in [-0.2, 0) is 4.74 Å².